The molecule has 0 aliphatic rings. The third-order valence-corrected chi connectivity index (χ3v) is 4.25. The molecule has 3 aromatic rings. The van der Waals surface area contributed by atoms with Crippen LogP contribution >= 0.6 is 11.3 Å². The van der Waals surface area contributed by atoms with E-state index in [9.17, 15) is 0 Å². The second-order valence-corrected chi connectivity index (χ2v) is 6.04. The number of aromatic nitrogens is 3. The topological polar surface area (TPSA) is 50.7 Å². The number of likely N-dealkylation sites (N-methyl/N-ethyl adjacent to an activating group) is 1. The minimum Gasteiger partial charge on any atom is -0.310 e. The van der Waals surface area contributed by atoms with Crippen LogP contribution in [0.25, 0.3) is 11.0 Å². The molecule has 0 fully saturated rings. The molecule has 3 rings (SSSR count). The van der Waals surface area contributed by atoms with E-state index in [2.05, 4.69) is 44.7 Å². The van der Waals surface area contributed by atoms with Gasteiger partial charge >= 0.3 is 0 Å². The van der Waals surface area contributed by atoms with Crippen molar-refractivity contribution in [2.45, 2.75) is 26.3 Å². The first-order chi connectivity index (χ1) is 10.3. The molecule has 1 atom stereocenters. The Morgan fingerprint density at radius 1 is 1.19 bits per heavy atom. The van der Waals surface area contributed by atoms with E-state index >= 15 is 0 Å². The van der Waals surface area contributed by atoms with Crippen LogP contribution in [0.15, 0.2) is 36.0 Å². The van der Waals surface area contributed by atoms with E-state index in [1.54, 1.807) is 23.7 Å². The van der Waals surface area contributed by atoms with Crippen molar-refractivity contribution >= 4 is 22.4 Å². The molecule has 0 radical (unpaired) electrons. The Kier molecular flexibility index (Phi) is 4.22. The van der Waals surface area contributed by atoms with E-state index in [1.165, 1.54) is 5.56 Å². The molecule has 0 amide bonds. The van der Waals surface area contributed by atoms with Crippen molar-refractivity contribution in [2.75, 3.05) is 6.54 Å². The van der Waals surface area contributed by atoms with Crippen molar-refractivity contribution in [3.63, 3.8) is 0 Å². The van der Waals surface area contributed by atoms with E-state index in [0.717, 1.165) is 34.7 Å². The molecule has 4 nitrogen and oxygen atoms in total. The zero-order valence-corrected chi connectivity index (χ0v) is 13.0. The Hall–Kier alpha value is -1.85. The van der Waals surface area contributed by atoms with Gasteiger partial charge in [0.1, 0.15) is 0 Å². The van der Waals surface area contributed by atoms with E-state index < -0.39 is 0 Å². The van der Waals surface area contributed by atoms with Gasteiger partial charge in [-0.2, -0.15) is 0 Å². The Morgan fingerprint density at radius 3 is 2.71 bits per heavy atom. The number of nitrogens with one attached hydrogen (secondary N) is 1. The molecule has 2 heterocycles. The molecule has 0 spiro atoms. The summed E-state index contributed by atoms with van der Waals surface area (Å²) >= 11 is 1.70. The van der Waals surface area contributed by atoms with Crippen molar-refractivity contribution in [1.29, 1.82) is 0 Å². The van der Waals surface area contributed by atoms with Crippen molar-refractivity contribution in [3.8, 4) is 0 Å². The largest absolute Gasteiger partial charge is 0.310 e. The zero-order valence-electron chi connectivity index (χ0n) is 12.2. The van der Waals surface area contributed by atoms with Crippen molar-refractivity contribution in [2.24, 2.45) is 0 Å². The summed E-state index contributed by atoms with van der Waals surface area (Å²) in [6.07, 6.45) is 4.35. The lowest BCUT2D eigenvalue weighted by atomic mass is 10.0. The molecule has 0 saturated heterocycles. The predicted octanol–water partition coefficient (Wildman–Crippen LogP) is 3.29. The number of fused-ring (bicyclic) bond motifs is 1. The number of aryl methyl sites for hydroxylation is 1. The Labute approximate surface area is 128 Å². The van der Waals surface area contributed by atoms with E-state index in [1.807, 2.05) is 13.0 Å². The Balaban J connectivity index is 1.90. The van der Waals surface area contributed by atoms with Crippen LogP contribution < -0.4 is 5.32 Å². The molecule has 108 valence electrons. The number of hydrogen-bond donors (Lipinski definition) is 1. The van der Waals surface area contributed by atoms with Gasteiger partial charge in [-0.3, -0.25) is 9.97 Å². The molecule has 1 aromatic carbocycles. The maximum atomic E-state index is 4.57. The first-order valence-corrected chi connectivity index (χ1v) is 7.99. The smallest absolute Gasteiger partial charge is 0.0897 e. The zero-order chi connectivity index (χ0) is 14.7. The summed E-state index contributed by atoms with van der Waals surface area (Å²) in [7, 11) is 0. The van der Waals surface area contributed by atoms with Crippen LogP contribution in [0.5, 0.6) is 0 Å². The van der Waals surface area contributed by atoms with Crippen molar-refractivity contribution in [1.82, 2.24) is 20.3 Å². The lowest BCUT2D eigenvalue weighted by molar-refractivity contribution is 0.545. The summed E-state index contributed by atoms with van der Waals surface area (Å²) in [4.78, 5) is 13.3. The normalized spacial score (nSPS) is 12.7. The monoisotopic (exact) mass is 298 g/mol. The molecule has 21 heavy (non-hydrogen) atoms. The molecular formula is C16H18N4S. The first kappa shape index (κ1) is 14.1. The fourth-order valence-corrected chi connectivity index (χ4v) is 3.09. The summed E-state index contributed by atoms with van der Waals surface area (Å²) in [5.74, 6) is 0. The summed E-state index contributed by atoms with van der Waals surface area (Å²) in [5, 5.41) is 6.79. The highest BCUT2D eigenvalue weighted by molar-refractivity contribution is 7.09. The number of nitrogens with zero attached hydrogens (tertiary/aromatic N) is 3. The molecule has 0 aliphatic heterocycles. The van der Waals surface area contributed by atoms with Crippen LogP contribution in [0.2, 0.25) is 0 Å². The third-order valence-electron chi connectivity index (χ3n) is 3.43. The standard InChI is InChI=1S/C16H18N4S/c1-3-17-15(9-13-10-21-11(2)20-13)12-4-5-14-16(8-12)19-7-6-18-14/h4-8,10,15,17H,3,9H2,1-2H3. The molecular weight excluding hydrogens is 280 g/mol. The van der Waals surface area contributed by atoms with Gasteiger partial charge in [0.25, 0.3) is 0 Å². The van der Waals surface area contributed by atoms with Crippen LogP contribution in [-0.4, -0.2) is 21.5 Å². The molecule has 2 aromatic heterocycles. The average molecular weight is 298 g/mol. The van der Waals surface area contributed by atoms with Gasteiger partial charge in [-0.25, -0.2) is 4.98 Å². The molecule has 0 aliphatic carbocycles. The van der Waals surface area contributed by atoms with E-state index in [-0.39, 0.29) is 6.04 Å². The van der Waals surface area contributed by atoms with Gasteiger partial charge in [0.05, 0.1) is 21.7 Å². The fourth-order valence-electron chi connectivity index (χ4n) is 2.46. The van der Waals surface area contributed by atoms with Gasteiger partial charge in [-0.1, -0.05) is 13.0 Å². The number of benzene rings is 1. The van der Waals surface area contributed by atoms with Crippen molar-refractivity contribution in [3.05, 3.63) is 52.2 Å². The molecule has 5 heteroatoms. The van der Waals surface area contributed by atoms with Gasteiger partial charge in [-0.15, -0.1) is 11.3 Å². The minimum absolute atomic E-state index is 0.253. The minimum atomic E-state index is 0.253. The summed E-state index contributed by atoms with van der Waals surface area (Å²) in [6.45, 7) is 5.09. The predicted molar refractivity (Wildman–Crippen MR) is 86.5 cm³/mol. The Morgan fingerprint density at radius 2 is 2.00 bits per heavy atom. The van der Waals surface area contributed by atoms with Gasteiger partial charge in [-0.05, 0) is 31.2 Å². The summed E-state index contributed by atoms with van der Waals surface area (Å²) in [5.41, 5.74) is 4.24. The summed E-state index contributed by atoms with van der Waals surface area (Å²) in [6, 6.07) is 6.54. The quantitative estimate of drug-likeness (QED) is 0.785. The molecule has 0 saturated carbocycles. The van der Waals surface area contributed by atoms with E-state index in [4.69, 9.17) is 0 Å². The maximum Gasteiger partial charge on any atom is 0.0897 e. The van der Waals surface area contributed by atoms with Crippen molar-refractivity contribution < 1.29 is 0 Å². The summed E-state index contributed by atoms with van der Waals surface area (Å²) < 4.78 is 0. The SMILES string of the molecule is CCNC(Cc1csc(C)n1)c1ccc2nccnc2c1. The van der Waals surface area contributed by atoms with Crippen LogP contribution in [-0.2, 0) is 6.42 Å². The number of thiazole rings is 1. The highest BCUT2D eigenvalue weighted by Gasteiger charge is 2.13. The Bertz CT molecular complexity index is 738. The highest BCUT2D eigenvalue weighted by Crippen LogP contribution is 2.22. The van der Waals surface area contributed by atoms with E-state index in [0.29, 0.717) is 0 Å². The lowest BCUT2D eigenvalue weighted by Gasteiger charge is -2.17. The first-order valence-electron chi connectivity index (χ1n) is 7.11. The average Bonchev–Trinajstić information content (AvgIpc) is 2.91. The highest BCUT2D eigenvalue weighted by atomic mass is 32.1. The van der Waals surface area contributed by atoms with Gasteiger partial charge < -0.3 is 5.32 Å². The lowest BCUT2D eigenvalue weighted by Crippen LogP contribution is -2.23. The molecule has 0 bridgehead atoms. The fraction of sp³-hybridized carbons (Fsp3) is 0.312. The second-order valence-electron chi connectivity index (χ2n) is 4.98. The molecule has 1 unspecified atom stereocenters. The third kappa shape index (κ3) is 3.25. The number of hydrogen-bond acceptors (Lipinski definition) is 5. The molecule has 1 N–H and O–H groups in total. The van der Waals surface area contributed by atoms with Crippen LogP contribution in [0, 0.1) is 6.92 Å². The van der Waals surface area contributed by atoms with Crippen LogP contribution in [0.4, 0.5) is 0 Å². The van der Waals surface area contributed by atoms with Crippen LogP contribution in [0.3, 0.4) is 0 Å². The maximum absolute atomic E-state index is 4.57. The second kappa shape index (κ2) is 6.28. The number of rotatable bonds is 5. The van der Waals surface area contributed by atoms with Crippen LogP contribution in [0.1, 0.15) is 29.2 Å². The van der Waals surface area contributed by atoms with Gasteiger partial charge in [0, 0.05) is 30.2 Å². The van der Waals surface area contributed by atoms with Gasteiger partial charge in [0.2, 0.25) is 0 Å². The van der Waals surface area contributed by atoms with Gasteiger partial charge in [0.15, 0.2) is 0 Å².